The van der Waals surface area contributed by atoms with Crippen molar-refractivity contribution in [2.75, 3.05) is 0 Å². The summed E-state index contributed by atoms with van der Waals surface area (Å²) in [6, 6.07) is 0. The van der Waals surface area contributed by atoms with Crippen LogP contribution in [-0.2, 0) is 0 Å². The van der Waals surface area contributed by atoms with Crippen LogP contribution in [0.25, 0.3) is 0 Å². The third-order valence-corrected chi connectivity index (χ3v) is 4.17. The molecule has 0 heterocycles. The minimum Gasteiger partial charge on any atom is -0.0654 e. The minimum atomic E-state index is 0.861. The molecular formula is C12H22. The van der Waals surface area contributed by atoms with E-state index in [0.29, 0.717) is 0 Å². The smallest absolute Gasteiger partial charge is 0.0295 e. The molecule has 2 fully saturated rings. The van der Waals surface area contributed by atoms with Gasteiger partial charge >= 0.3 is 0 Å². The van der Waals surface area contributed by atoms with E-state index in [-0.39, 0.29) is 0 Å². The van der Waals surface area contributed by atoms with Crippen LogP contribution in [0.5, 0.6) is 0 Å². The first-order valence-electron chi connectivity index (χ1n) is 5.85. The van der Waals surface area contributed by atoms with E-state index in [4.69, 9.17) is 0 Å². The summed E-state index contributed by atoms with van der Waals surface area (Å²) < 4.78 is 0. The van der Waals surface area contributed by atoms with Gasteiger partial charge < -0.3 is 0 Å². The van der Waals surface area contributed by atoms with Crippen LogP contribution >= 0.6 is 0 Å². The van der Waals surface area contributed by atoms with E-state index in [2.05, 4.69) is 6.92 Å². The SMILES string of the molecule is CCC[C@H]1CCC2(CCCC2)C1. The molecule has 70 valence electrons. The van der Waals surface area contributed by atoms with Crippen LogP contribution in [0.1, 0.15) is 64.7 Å². The molecule has 0 saturated heterocycles. The molecule has 1 spiro atoms. The fourth-order valence-corrected chi connectivity index (χ4v) is 3.56. The Balaban J connectivity index is 1.88. The van der Waals surface area contributed by atoms with Gasteiger partial charge in [-0.3, -0.25) is 0 Å². The maximum absolute atomic E-state index is 2.33. The van der Waals surface area contributed by atoms with Crippen molar-refractivity contribution in [3.05, 3.63) is 0 Å². The van der Waals surface area contributed by atoms with Crippen molar-refractivity contribution in [3.63, 3.8) is 0 Å². The van der Waals surface area contributed by atoms with Crippen molar-refractivity contribution < 1.29 is 0 Å². The molecule has 1 atom stereocenters. The lowest BCUT2D eigenvalue weighted by Crippen LogP contribution is -2.10. The molecule has 0 aromatic heterocycles. The Morgan fingerprint density at radius 3 is 2.58 bits per heavy atom. The number of hydrogen-bond donors (Lipinski definition) is 0. The van der Waals surface area contributed by atoms with Crippen LogP contribution in [-0.4, -0.2) is 0 Å². The molecular weight excluding hydrogens is 144 g/mol. The number of rotatable bonds is 2. The lowest BCUT2D eigenvalue weighted by atomic mass is 9.83. The summed E-state index contributed by atoms with van der Waals surface area (Å²) in [5, 5.41) is 0. The van der Waals surface area contributed by atoms with Crippen LogP contribution in [0.3, 0.4) is 0 Å². The van der Waals surface area contributed by atoms with Gasteiger partial charge in [0.05, 0.1) is 0 Å². The van der Waals surface area contributed by atoms with Crippen LogP contribution in [0, 0.1) is 11.3 Å². The average Bonchev–Trinajstić information content (AvgIpc) is 2.65. The van der Waals surface area contributed by atoms with Gasteiger partial charge in [0.25, 0.3) is 0 Å². The third-order valence-electron chi connectivity index (χ3n) is 4.17. The lowest BCUT2D eigenvalue weighted by Gasteiger charge is -2.22. The molecule has 2 rings (SSSR count). The van der Waals surface area contributed by atoms with E-state index >= 15 is 0 Å². The second-order valence-electron chi connectivity index (χ2n) is 5.10. The Morgan fingerprint density at radius 1 is 1.17 bits per heavy atom. The van der Waals surface area contributed by atoms with E-state index in [1.165, 1.54) is 25.7 Å². The summed E-state index contributed by atoms with van der Waals surface area (Å²) in [5.41, 5.74) is 0.861. The molecule has 0 amide bonds. The highest BCUT2D eigenvalue weighted by atomic mass is 14.4. The van der Waals surface area contributed by atoms with Crippen LogP contribution in [0.2, 0.25) is 0 Å². The van der Waals surface area contributed by atoms with Gasteiger partial charge in [-0.1, -0.05) is 32.6 Å². The molecule has 0 aliphatic heterocycles. The van der Waals surface area contributed by atoms with Crippen LogP contribution in [0.15, 0.2) is 0 Å². The Kier molecular flexibility index (Phi) is 2.43. The molecule has 2 saturated carbocycles. The van der Waals surface area contributed by atoms with E-state index in [0.717, 1.165) is 11.3 Å². The molecule has 0 N–H and O–H groups in total. The van der Waals surface area contributed by atoms with Crippen molar-refractivity contribution in [3.8, 4) is 0 Å². The highest BCUT2D eigenvalue weighted by molar-refractivity contribution is 4.92. The van der Waals surface area contributed by atoms with Gasteiger partial charge in [0.2, 0.25) is 0 Å². The summed E-state index contributed by atoms with van der Waals surface area (Å²) in [7, 11) is 0. The topological polar surface area (TPSA) is 0 Å². The summed E-state index contributed by atoms with van der Waals surface area (Å²) in [4.78, 5) is 0. The van der Waals surface area contributed by atoms with Gasteiger partial charge in [-0.2, -0.15) is 0 Å². The molecule has 0 nitrogen and oxygen atoms in total. The first-order chi connectivity index (χ1) is 5.85. The molecule has 0 aromatic rings. The van der Waals surface area contributed by atoms with Gasteiger partial charge in [0.1, 0.15) is 0 Å². The van der Waals surface area contributed by atoms with E-state index < -0.39 is 0 Å². The predicted octanol–water partition coefficient (Wildman–Crippen LogP) is 4.15. The third kappa shape index (κ3) is 1.53. The Morgan fingerprint density at radius 2 is 1.92 bits per heavy atom. The summed E-state index contributed by atoms with van der Waals surface area (Å²) in [6.07, 6.45) is 13.8. The zero-order chi connectivity index (χ0) is 8.44. The highest BCUT2D eigenvalue weighted by Gasteiger charge is 2.40. The summed E-state index contributed by atoms with van der Waals surface area (Å²) >= 11 is 0. The molecule has 2 aliphatic carbocycles. The molecule has 0 aromatic carbocycles. The van der Waals surface area contributed by atoms with Gasteiger partial charge in [-0.15, -0.1) is 0 Å². The van der Waals surface area contributed by atoms with Gasteiger partial charge in [-0.25, -0.2) is 0 Å². The molecule has 0 bridgehead atoms. The minimum absolute atomic E-state index is 0.861. The summed E-state index contributed by atoms with van der Waals surface area (Å²) in [5.74, 6) is 1.10. The second-order valence-corrected chi connectivity index (χ2v) is 5.10. The molecule has 0 unspecified atom stereocenters. The predicted molar refractivity (Wildman–Crippen MR) is 53.2 cm³/mol. The number of hydrogen-bond acceptors (Lipinski definition) is 0. The highest BCUT2D eigenvalue weighted by Crippen LogP contribution is 2.53. The molecule has 2 aliphatic rings. The quantitative estimate of drug-likeness (QED) is 0.578. The monoisotopic (exact) mass is 166 g/mol. The van der Waals surface area contributed by atoms with Crippen LogP contribution < -0.4 is 0 Å². The zero-order valence-corrected chi connectivity index (χ0v) is 8.44. The van der Waals surface area contributed by atoms with Crippen molar-refractivity contribution in [1.82, 2.24) is 0 Å². The van der Waals surface area contributed by atoms with E-state index in [9.17, 15) is 0 Å². The largest absolute Gasteiger partial charge is 0.0654 e. The Hall–Kier alpha value is 0. The Labute approximate surface area is 76.7 Å². The van der Waals surface area contributed by atoms with Crippen molar-refractivity contribution in [1.29, 1.82) is 0 Å². The van der Waals surface area contributed by atoms with E-state index in [1.807, 2.05) is 0 Å². The van der Waals surface area contributed by atoms with Gasteiger partial charge in [0, 0.05) is 0 Å². The maximum atomic E-state index is 2.33. The first-order valence-corrected chi connectivity index (χ1v) is 5.85. The maximum Gasteiger partial charge on any atom is -0.0295 e. The van der Waals surface area contributed by atoms with Crippen LogP contribution in [0.4, 0.5) is 0 Å². The van der Waals surface area contributed by atoms with Crippen molar-refractivity contribution in [2.45, 2.75) is 64.7 Å². The molecule has 12 heavy (non-hydrogen) atoms. The first kappa shape index (κ1) is 8.59. The van der Waals surface area contributed by atoms with Gasteiger partial charge in [0.15, 0.2) is 0 Å². The fourth-order valence-electron chi connectivity index (χ4n) is 3.56. The lowest BCUT2D eigenvalue weighted by molar-refractivity contribution is 0.290. The van der Waals surface area contributed by atoms with E-state index in [1.54, 1.807) is 32.1 Å². The normalized spacial score (nSPS) is 33.2. The molecule has 0 heteroatoms. The van der Waals surface area contributed by atoms with Crippen molar-refractivity contribution >= 4 is 0 Å². The van der Waals surface area contributed by atoms with Crippen molar-refractivity contribution in [2.24, 2.45) is 11.3 Å². The average molecular weight is 166 g/mol. The molecule has 0 radical (unpaired) electrons. The second kappa shape index (κ2) is 3.40. The fraction of sp³-hybridized carbons (Fsp3) is 1.00. The van der Waals surface area contributed by atoms with Gasteiger partial charge in [-0.05, 0) is 43.4 Å². The summed E-state index contributed by atoms with van der Waals surface area (Å²) in [6.45, 7) is 2.33. The zero-order valence-electron chi connectivity index (χ0n) is 8.44. The Bertz CT molecular complexity index is 142. The standard InChI is InChI=1S/C12H22/c1-2-5-11-6-9-12(10-11)7-3-4-8-12/h11H,2-10H2,1H3/t11-/m0/s1.